The molecule has 0 spiro atoms. The number of hydrogen-bond acceptors (Lipinski definition) is 5. The Hall–Kier alpha value is -0.720. The van der Waals surface area contributed by atoms with Crippen molar-refractivity contribution in [1.82, 2.24) is 0 Å². The number of rotatable bonds is 2. The molecule has 0 radical (unpaired) electrons. The predicted octanol–water partition coefficient (Wildman–Crippen LogP) is -1.23. The van der Waals surface area contributed by atoms with Crippen molar-refractivity contribution in [3.8, 4) is 0 Å². The maximum atomic E-state index is 10.0. The summed E-state index contributed by atoms with van der Waals surface area (Å²) in [5.41, 5.74) is 0. The van der Waals surface area contributed by atoms with Crippen LogP contribution >= 0.6 is 0 Å². The molecule has 4 atom stereocenters. The highest BCUT2D eigenvalue weighted by molar-refractivity contribution is 4.87. The second kappa shape index (κ2) is 3.34. The average molecular weight is 177 g/mol. The van der Waals surface area contributed by atoms with Crippen molar-refractivity contribution in [2.75, 3.05) is 6.54 Å². The molecular formula is C6H11NO5. The first-order valence-electron chi connectivity index (χ1n) is 3.65. The number of aliphatic hydroxyl groups is 2. The van der Waals surface area contributed by atoms with E-state index < -0.39 is 35.9 Å². The van der Waals surface area contributed by atoms with E-state index in [0.29, 0.717) is 0 Å². The number of nitrogens with zero attached hydrogens (tertiary/aromatic N) is 1. The molecule has 70 valence electrons. The van der Waals surface area contributed by atoms with Crippen molar-refractivity contribution >= 4 is 0 Å². The molecule has 12 heavy (non-hydrogen) atoms. The van der Waals surface area contributed by atoms with Gasteiger partial charge >= 0.3 is 0 Å². The van der Waals surface area contributed by atoms with Gasteiger partial charge < -0.3 is 14.9 Å². The largest absolute Gasteiger partial charge is 0.388 e. The van der Waals surface area contributed by atoms with Crippen LogP contribution in [0.4, 0.5) is 0 Å². The van der Waals surface area contributed by atoms with Gasteiger partial charge in [-0.05, 0) is 6.92 Å². The predicted molar refractivity (Wildman–Crippen MR) is 38.2 cm³/mol. The zero-order chi connectivity index (χ0) is 9.30. The number of ether oxygens (including phenoxy) is 1. The summed E-state index contributed by atoms with van der Waals surface area (Å²) in [5, 5.41) is 28.4. The first-order valence-corrected chi connectivity index (χ1v) is 3.65. The van der Waals surface area contributed by atoms with Gasteiger partial charge in [0.05, 0.1) is 6.10 Å². The van der Waals surface area contributed by atoms with E-state index in [1.165, 1.54) is 0 Å². The lowest BCUT2D eigenvalue weighted by molar-refractivity contribution is -0.492. The van der Waals surface area contributed by atoms with Crippen LogP contribution in [0, 0.1) is 10.1 Å². The lowest BCUT2D eigenvalue weighted by atomic mass is 10.1. The summed E-state index contributed by atoms with van der Waals surface area (Å²) >= 11 is 0. The highest BCUT2D eigenvalue weighted by Gasteiger charge is 2.42. The summed E-state index contributed by atoms with van der Waals surface area (Å²) in [6.07, 6.45) is -3.59. The van der Waals surface area contributed by atoms with Gasteiger partial charge in [0.2, 0.25) is 6.54 Å². The molecule has 0 amide bonds. The lowest BCUT2D eigenvalue weighted by Gasteiger charge is -2.09. The molecule has 1 heterocycles. The third-order valence-electron chi connectivity index (χ3n) is 1.93. The van der Waals surface area contributed by atoms with Gasteiger partial charge in [-0.1, -0.05) is 0 Å². The van der Waals surface area contributed by atoms with Crippen LogP contribution in [0.3, 0.4) is 0 Å². The third kappa shape index (κ3) is 1.71. The molecule has 1 fully saturated rings. The van der Waals surface area contributed by atoms with Crippen LogP contribution < -0.4 is 0 Å². The standard InChI is InChI=1S/C6H11NO5/c1-3-5(8)6(9)4(12-3)2-7(10)11/h3-6,8-9H,2H2,1H3/t3-,4+,5+,6-/m0/s1. The molecule has 0 aromatic heterocycles. The topological polar surface area (TPSA) is 92.8 Å². The first kappa shape index (κ1) is 9.37. The molecule has 1 saturated heterocycles. The van der Waals surface area contributed by atoms with Crippen molar-refractivity contribution in [1.29, 1.82) is 0 Å². The molecule has 2 N–H and O–H groups in total. The van der Waals surface area contributed by atoms with E-state index >= 15 is 0 Å². The average Bonchev–Trinajstić information content (AvgIpc) is 2.17. The highest BCUT2D eigenvalue weighted by Crippen LogP contribution is 2.20. The van der Waals surface area contributed by atoms with E-state index in [2.05, 4.69) is 0 Å². The van der Waals surface area contributed by atoms with Gasteiger partial charge in [-0.15, -0.1) is 0 Å². The second-order valence-electron chi connectivity index (χ2n) is 2.88. The van der Waals surface area contributed by atoms with E-state index in [1.54, 1.807) is 6.92 Å². The zero-order valence-corrected chi connectivity index (χ0v) is 6.58. The van der Waals surface area contributed by atoms with E-state index in [1.807, 2.05) is 0 Å². The van der Waals surface area contributed by atoms with Crippen molar-refractivity contribution in [2.24, 2.45) is 0 Å². The van der Waals surface area contributed by atoms with Crippen LogP contribution in [0.25, 0.3) is 0 Å². The van der Waals surface area contributed by atoms with E-state index in [-0.39, 0.29) is 0 Å². The van der Waals surface area contributed by atoms with Crippen LogP contribution in [0.1, 0.15) is 6.92 Å². The Labute approximate surface area is 68.9 Å². The van der Waals surface area contributed by atoms with Crippen molar-refractivity contribution in [3.63, 3.8) is 0 Å². The van der Waals surface area contributed by atoms with Crippen LogP contribution in [-0.2, 0) is 4.74 Å². The molecule has 0 saturated carbocycles. The van der Waals surface area contributed by atoms with Gasteiger partial charge in [0.25, 0.3) is 0 Å². The fourth-order valence-corrected chi connectivity index (χ4v) is 1.23. The van der Waals surface area contributed by atoms with Crippen LogP contribution in [0.15, 0.2) is 0 Å². The lowest BCUT2D eigenvalue weighted by Crippen LogP contribution is -2.35. The van der Waals surface area contributed by atoms with Gasteiger partial charge in [-0.25, -0.2) is 0 Å². The Kier molecular flexibility index (Phi) is 2.61. The quantitative estimate of drug-likeness (QED) is 0.407. The zero-order valence-electron chi connectivity index (χ0n) is 6.58. The smallest absolute Gasteiger partial charge is 0.232 e. The van der Waals surface area contributed by atoms with Crippen molar-refractivity contribution < 1.29 is 19.9 Å². The second-order valence-corrected chi connectivity index (χ2v) is 2.88. The molecule has 6 heteroatoms. The highest BCUT2D eigenvalue weighted by atomic mass is 16.6. The monoisotopic (exact) mass is 177 g/mol. The van der Waals surface area contributed by atoms with Crippen LogP contribution in [0.5, 0.6) is 0 Å². The van der Waals surface area contributed by atoms with Gasteiger partial charge in [0.15, 0.2) is 6.10 Å². The molecule has 0 aliphatic carbocycles. The van der Waals surface area contributed by atoms with Crippen LogP contribution in [-0.4, -0.2) is 46.1 Å². The fraction of sp³-hybridized carbons (Fsp3) is 1.00. The van der Waals surface area contributed by atoms with Gasteiger partial charge in [0, 0.05) is 4.92 Å². The van der Waals surface area contributed by atoms with E-state index in [0.717, 1.165) is 0 Å². The van der Waals surface area contributed by atoms with Gasteiger partial charge in [-0.2, -0.15) is 0 Å². The summed E-state index contributed by atoms with van der Waals surface area (Å²) in [6.45, 7) is 1.09. The molecule has 0 aromatic rings. The summed E-state index contributed by atoms with van der Waals surface area (Å²) in [4.78, 5) is 9.48. The molecule has 0 aromatic carbocycles. The fourth-order valence-electron chi connectivity index (χ4n) is 1.23. The minimum Gasteiger partial charge on any atom is -0.388 e. The molecule has 6 nitrogen and oxygen atoms in total. The van der Waals surface area contributed by atoms with Crippen LogP contribution in [0.2, 0.25) is 0 Å². The Morgan fingerprint density at radius 1 is 1.50 bits per heavy atom. The van der Waals surface area contributed by atoms with Crippen molar-refractivity contribution in [3.05, 3.63) is 10.1 Å². The summed E-state index contributed by atoms with van der Waals surface area (Å²) in [5.74, 6) is 0. The summed E-state index contributed by atoms with van der Waals surface area (Å²) < 4.78 is 4.95. The normalized spacial score (nSPS) is 41.6. The number of nitro groups is 1. The van der Waals surface area contributed by atoms with Gasteiger partial charge in [-0.3, -0.25) is 10.1 Å². The molecule has 1 rings (SSSR count). The molecule has 0 bridgehead atoms. The maximum Gasteiger partial charge on any atom is 0.232 e. The third-order valence-corrected chi connectivity index (χ3v) is 1.93. The molecular weight excluding hydrogens is 166 g/mol. The Bertz CT molecular complexity index is 185. The number of aliphatic hydroxyl groups excluding tert-OH is 2. The SMILES string of the molecule is C[C@@H]1O[C@H](C[N+](=O)[O-])[C@H](O)[C@@H]1O. The Morgan fingerprint density at radius 3 is 2.42 bits per heavy atom. The molecule has 1 aliphatic rings. The maximum absolute atomic E-state index is 10.0. The van der Waals surface area contributed by atoms with E-state index in [9.17, 15) is 15.2 Å². The Morgan fingerprint density at radius 2 is 2.08 bits per heavy atom. The summed E-state index contributed by atoms with van der Waals surface area (Å²) in [6, 6.07) is 0. The minimum absolute atomic E-state index is 0.470. The summed E-state index contributed by atoms with van der Waals surface area (Å²) in [7, 11) is 0. The molecule has 1 aliphatic heterocycles. The molecule has 0 unspecified atom stereocenters. The van der Waals surface area contributed by atoms with Gasteiger partial charge in [0.1, 0.15) is 12.2 Å². The van der Waals surface area contributed by atoms with Crippen molar-refractivity contribution in [2.45, 2.75) is 31.3 Å². The Balaban J connectivity index is 2.52. The first-order chi connectivity index (χ1) is 5.52. The number of hydrogen-bond donors (Lipinski definition) is 2. The van der Waals surface area contributed by atoms with E-state index in [4.69, 9.17) is 9.84 Å². The minimum atomic E-state index is -1.15.